The number of halogens is 2. The Morgan fingerprint density at radius 1 is 1.43 bits per heavy atom. The molecule has 3 N–H and O–H groups in total. The first-order chi connectivity index (χ1) is 14.3. The highest BCUT2D eigenvalue weighted by atomic mass is 35.5. The van der Waals surface area contributed by atoms with E-state index in [0.717, 1.165) is 5.57 Å². The first-order valence-corrected chi connectivity index (χ1v) is 9.51. The van der Waals surface area contributed by atoms with Gasteiger partial charge in [0.15, 0.2) is 0 Å². The zero-order chi connectivity index (χ0) is 22.1. The van der Waals surface area contributed by atoms with Crippen LogP contribution in [-0.4, -0.2) is 41.2 Å². The molecule has 1 aromatic heterocycles. The van der Waals surface area contributed by atoms with Crippen LogP contribution in [0, 0.1) is 5.82 Å². The molecule has 0 radical (unpaired) electrons. The maximum absolute atomic E-state index is 14.2. The van der Waals surface area contributed by atoms with Gasteiger partial charge in [-0.2, -0.15) is 5.10 Å². The molecule has 7 nitrogen and oxygen atoms in total. The molecule has 0 aliphatic carbocycles. The van der Waals surface area contributed by atoms with E-state index in [1.807, 2.05) is 6.92 Å². The summed E-state index contributed by atoms with van der Waals surface area (Å²) in [6.45, 7) is 7.48. The number of aromatic nitrogens is 1. The van der Waals surface area contributed by atoms with Crippen molar-refractivity contribution in [2.75, 3.05) is 6.54 Å². The number of aliphatic hydroxyl groups excluding tert-OH is 1. The fourth-order valence-electron chi connectivity index (χ4n) is 2.37. The molecule has 1 atom stereocenters. The van der Waals surface area contributed by atoms with Gasteiger partial charge in [-0.15, -0.1) is 0 Å². The van der Waals surface area contributed by atoms with E-state index >= 15 is 0 Å². The number of nitrogens with zero attached hydrogens (tertiary/aromatic N) is 3. The fourth-order valence-corrected chi connectivity index (χ4v) is 2.54. The van der Waals surface area contributed by atoms with E-state index in [4.69, 9.17) is 16.7 Å². The summed E-state index contributed by atoms with van der Waals surface area (Å²) in [5, 5.41) is 15.9. The van der Waals surface area contributed by atoms with Crippen molar-refractivity contribution < 1.29 is 14.3 Å². The van der Waals surface area contributed by atoms with Gasteiger partial charge in [0.05, 0.1) is 23.9 Å². The Balaban J connectivity index is 2.10. The van der Waals surface area contributed by atoms with Crippen molar-refractivity contribution >= 4 is 41.3 Å². The van der Waals surface area contributed by atoms with Crippen molar-refractivity contribution in [2.45, 2.75) is 26.4 Å². The number of carbonyl (C=O) groups excluding carboxylic acids is 1. The summed E-state index contributed by atoms with van der Waals surface area (Å²) < 4.78 is 14.2. The maximum atomic E-state index is 14.2. The molecule has 0 spiro atoms. The van der Waals surface area contributed by atoms with Gasteiger partial charge >= 0.3 is 0 Å². The summed E-state index contributed by atoms with van der Waals surface area (Å²) in [6, 6.07) is 5.87. The third kappa shape index (κ3) is 7.06. The van der Waals surface area contributed by atoms with Crippen molar-refractivity contribution in [3.63, 3.8) is 0 Å². The molecule has 30 heavy (non-hydrogen) atoms. The highest BCUT2D eigenvalue weighted by Crippen LogP contribution is 2.31. The van der Waals surface area contributed by atoms with Crippen LogP contribution in [0.5, 0.6) is 0 Å². The van der Waals surface area contributed by atoms with Gasteiger partial charge in [0.2, 0.25) is 5.91 Å². The Hall–Kier alpha value is -3.10. The van der Waals surface area contributed by atoms with E-state index in [1.54, 1.807) is 19.2 Å². The van der Waals surface area contributed by atoms with Crippen LogP contribution in [0.15, 0.2) is 47.1 Å². The second kappa shape index (κ2) is 11.2. The SMILES string of the molecule is C=C(C)c1cnc(-c2cc(Cl)ccc2F)cc1N=CN/N=C/CC(=O)NCC(C)O. The molecule has 9 heteroatoms. The molecule has 1 aromatic carbocycles. The van der Waals surface area contributed by atoms with Crippen LogP contribution in [0.1, 0.15) is 25.8 Å². The van der Waals surface area contributed by atoms with Crippen LogP contribution in [-0.2, 0) is 4.79 Å². The highest BCUT2D eigenvalue weighted by Gasteiger charge is 2.11. The Morgan fingerprint density at radius 3 is 2.90 bits per heavy atom. The van der Waals surface area contributed by atoms with Crippen LogP contribution < -0.4 is 10.7 Å². The lowest BCUT2D eigenvalue weighted by Gasteiger charge is -2.09. The summed E-state index contributed by atoms with van der Waals surface area (Å²) >= 11 is 5.97. The Morgan fingerprint density at radius 2 is 2.20 bits per heavy atom. The van der Waals surface area contributed by atoms with Crippen LogP contribution in [0.25, 0.3) is 16.8 Å². The van der Waals surface area contributed by atoms with E-state index in [-0.39, 0.29) is 24.4 Å². The lowest BCUT2D eigenvalue weighted by molar-refractivity contribution is -0.120. The molecule has 1 amide bonds. The molecule has 1 heterocycles. The molecule has 2 rings (SSSR count). The molecule has 0 fully saturated rings. The topological polar surface area (TPSA) is 99.0 Å². The second-order valence-corrected chi connectivity index (χ2v) is 6.98. The first kappa shape index (κ1) is 23.2. The Bertz CT molecular complexity index is 976. The van der Waals surface area contributed by atoms with E-state index in [2.05, 4.69) is 32.4 Å². The summed E-state index contributed by atoms with van der Waals surface area (Å²) in [7, 11) is 0. The van der Waals surface area contributed by atoms with Gasteiger partial charge in [-0.25, -0.2) is 9.38 Å². The molecule has 0 bridgehead atoms. The molecule has 0 saturated carbocycles. The minimum Gasteiger partial charge on any atom is -0.392 e. The van der Waals surface area contributed by atoms with E-state index in [1.165, 1.54) is 30.8 Å². The number of carbonyl (C=O) groups is 1. The van der Waals surface area contributed by atoms with Crippen molar-refractivity contribution in [3.05, 3.63) is 53.4 Å². The number of allylic oxidation sites excluding steroid dienone is 1. The van der Waals surface area contributed by atoms with Gasteiger partial charge in [-0.1, -0.05) is 18.2 Å². The van der Waals surface area contributed by atoms with E-state index in [9.17, 15) is 9.18 Å². The molecular formula is C21H23ClFN5O2. The second-order valence-electron chi connectivity index (χ2n) is 6.55. The van der Waals surface area contributed by atoms with Crippen molar-refractivity contribution in [2.24, 2.45) is 10.1 Å². The normalized spacial score (nSPS) is 12.3. The lowest BCUT2D eigenvalue weighted by Crippen LogP contribution is -2.30. The number of benzene rings is 1. The Kier molecular flexibility index (Phi) is 8.64. The zero-order valence-corrected chi connectivity index (χ0v) is 17.4. The number of pyridine rings is 1. The largest absolute Gasteiger partial charge is 0.392 e. The summed E-state index contributed by atoms with van der Waals surface area (Å²) in [5.74, 6) is -0.702. The number of amides is 1. The minimum absolute atomic E-state index is 0.0536. The van der Waals surface area contributed by atoms with Crippen LogP contribution >= 0.6 is 11.6 Å². The van der Waals surface area contributed by atoms with E-state index < -0.39 is 11.9 Å². The number of hydrogen-bond donors (Lipinski definition) is 3. The number of aliphatic hydroxyl groups is 1. The number of hydrazone groups is 1. The maximum Gasteiger partial charge on any atom is 0.225 e. The highest BCUT2D eigenvalue weighted by molar-refractivity contribution is 6.30. The van der Waals surface area contributed by atoms with Gasteiger partial charge in [0.25, 0.3) is 0 Å². The monoisotopic (exact) mass is 431 g/mol. The molecule has 0 saturated heterocycles. The standard InChI is InChI=1S/C21H23ClFN5O2/c1-13(2)17-11-24-19(16-8-15(22)4-5-18(16)23)9-20(17)26-12-28-27-7-6-21(30)25-10-14(3)29/h4-5,7-9,11-12,14,29H,1,6,10H2,2-3H3,(H,25,30)(H,24,26,28)/b27-7+. The Labute approximate surface area is 179 Å². The number of aliphatic imine (C=N–C) groups is 1. The summed E-state index contributed by atoms with van der Waals surface area (Å²) in [4.78, 5) is 20.1. The number of hydrogen-bond acceptors (Lipinski definition) is 5. The molecule has 0 aliphatic heterocycles. The number of nitrogens with one attached hydrogen (secondary N) is 2. The molecular weight excluding hydrogens is 409 g/mol. The predicted molar refractivity (Wildman–Crippen MR) is 118 cm³/mol. The van der Waals surface area contributed by atoms with Crippen LogP contribution in [0.3, 0.4) is 0 Å². The van der Waals surface area contributed by atoms with Crippen molar-refractivity contribution in [3.8, 4) is 11.3 Å². The van der Waals surface area contributed by atoms with Crippen LogP contribution in [0.2, 0.25) is 5.02 Å². The van der Waals surface area contributed by atoms with Gasteiger partial charge in [-0.3, -0.25) is 15.2 Å². The third-order valence-corrected chi connectivity index (χ3v) is 4.08. The average Bonchev–Trinajstić information content (AvgIpc) is 2.70. The number of rotatable bonds is 9. The third-order valence-electron chi connectivity index (χ3n) is 3.84. The molecule has 158 valence electrons. The quantitative estimate of drug-likeness (QED) is 0.320. The molecule has 1 unspecified atom stereocenters. The minimum atomic E-state index is -0.607. The van der Waals surface area contributed by atoms with Gasteiger partial charge < -0.3 is 10.4 Å². The predicted octanol–water partition coefficient (Wildman–Crippen LogP) is 3.70. The van der Waals surface area contributed by atoms with Gasteiger partial charge in [0, 0.05) is 35.1 Å². The van der Waals surface area contributed by atoms with Gasteiger partial charge in [-0.05, 0) is 43.7 Å². The molecule has 2 aromatic rings. The van der Waals surface area contributed by atoms with Crippen molar-refractivity contribution in [1.82, 2.24) is 15.7 Å². The molecule has 0 aliphatic rings. The van der Waals surface area contributed by atoms with E-state index in [0.29, 0.717) is 22.0 Å². The smallest absolute Gasteiger partial charge is 0.225 e. The van der Waals surface area contributed by atoms with Crippen LogP contribution in [0.4, 0.5) is 10.1 Å². The lowest BCUT2D eigenvalue weighted by atomic mass is 10.1. The van der Waals surface area contributed by atoms with Gasteiger partial charge in [0.1, 0.15) is 12.2 Å². The summed E-state index contributed by atoms with van der Waals surface area (Å²) in [5.41, 5.74) is 5.20. The van der Waals surface area contributed by atoms with Crippen molar-refractivity contribution in [1.29, 1.82) is 0 Å². The summed E-state index contributed by atoms with van der Waals surface area (Å²) in [6.07, 6.45) is 3.73. The average molecular weight is 432 g/mol. The zero-order valence-electron chi connectivity index (χ0n) is 16.7. The first-order valence-electron chi connectivity index (χ1n) is 9.13. The fraction of sp³-hybridized carbons (Fsp3) is 0.238.